The zero-order valence-electron chi connectivity index (χ0n) is 11.6. The van der Waals surface area contributed by atoms with Gasteiger partial charge in [-0.2, -0.15) is 0 Å². The zero-order chi connectivity index (χ0) is 15.2. The first-order chi connectivity index (χ1) is 10.1. The summed E-state index contributed by atoms with van der Waals surface area (Å²) in [5, 5.41) is 22.8. The molecule has 7 nitrogen and oxygen atoms in total. The Morgan fingerprint density at radius 2 is 2.14 bits per heavy atom. The van der Waals surface area contributed by atoms with Crippen molar-refractivity contribution in [1.29, 1.82) is 0 Å². The number of carbonyl (C=O) groups is 1. The van der Waals surface area contributed by atoms with Crippen molar-refractivity contribution >= 4 is 17.3 Å². The second kappa shape index (κ2) is 7.03. The third kappa shape index (κ3) is 4.16. The quantitative estimate of drug-likeness (QED) is 0.455. The molecule has 21 heavy (non-hydrogen) atoms. The van der Waals surface area contributed by atoms with Gasteiger partial charge in [0.15, 0.2) is 0 Å². The predicted molar refractivity (Wildman–Crippen MR) is 76.8 cm³/mol. The highest BCUT2D eigenvalue weighted by Crippen LogP contribution is 2.23. The number of anilines is 1. The lowest BCUT2D eigenvalue weighted by molar-refractivity contribution is -0.385. The second-order valence-electron chi connectivity index (χ2n) is 5.00. The average molecular weight is 294 g/mol. The monoisotopic (exact) mass is 294 g/mol. The minimum Gasteiger partial charge on any atom is -0.477 e. The van der Waals surface area contributed by atoms with E-state index in [0.717, 1.165) is 12.8 Å². The Labute approximate surface area is 122 Å². The van der Waals surface area contributed by atoms with Crippen LogP contribution < -0.4 is 5.32 Å². The highest BCUT2D eigenvalue weighted by Gasteiger charge is 2.20. The van der Waals surface area contributed by atoms with Crippen LogP contribution in [0.15, 0.2) is 18.2 Å². The van der Waals surface area contributed by atoms with Crippen LogP contribution in [-0.4, -0.2) is 35.3 Å². The molecule has 1 aromatic carbocycles. The number of nitrogens with one attached hydrogen (secondary N) is 1. The summed E-state index contributed by atoms with van der Waals surface area (Å²) in [5.41, 5.74) is -0.190. The largest absolute Gasteiger partial charge is 0.477 e. The van der Waals surface area contributed by atoms with Gasteiger partial charge in [-0.3, -0.25) is 10.1 Å². The van der Waals surface area contributed by atoms with E-state index in [0.29, 0.717) is 24.9 Å². The van der Waals surface area contributed by atoms with E-state index in [2.05, 4.69) is 5.32 Å². The van der Waals surface area contributed by atoms with E-state index in [1.807, 2.05) is 0 Å². The first kappa shape index (κ1) is 15.2. The summed E-state index contributed by atoms with van der Waals surface area (Å²) >= 11 is 0. The van der Waals surface area contributed by atoms with Crippen LogP contribution in [0, 0.1) is 10.1 Å². The van der Waals surface area contributed by atoms with Crippen molar-refractivity contribution in [2.45, 2.75) is 31.8 Å². The lowest BCUT2D eigenvalue weighted by Gasteiger charge is -2.12. The van der Waals surface area contributed by atoms with E-state index in [4.69, 9.17) is 9.84 Å². The Kier molecular flexibility index (Phi) is 5.10. The fourth-order valence-corrected chi connectivity index (χ4v) is 2.45. The van der Waals surface area contributed by atoms with Crippen LogP contribution in [0.5, 0.6) is 0 Å². The van der Waals surface area contributed by atoms with Gasteiger partial charge in [-0.1, -0.05) is 12.8 Å². The van der Waals surface area contributed by atoms with E-state index in [1.165, 1.54) is 31.0 Å². The molecule has 0 aromatic heterocycles. The topological polar surface area (TPSA) is 102 Å². The number of ether oxygens (including phenoxy) is 1. The van der Waals surface area contributed by atoms with E-state index in [9.17, 15) is 14.9 Å². The van der Waals surface area contributed by atoms with Crippen molar-refractivity contribution in [3.05, 3.63) is 33.9 Å². The number of aromatic carboxylic acids is 1. The molecule has 0 spiro atoms. The molecule has 0 atom stereocenters. The summed E-state index contributed by atoms with van der Waals surface area (Å²) in [5.74, 6) is -1.31. The molecule has 0 amide bonds. The molecule has 1 aromatic rings. The van der Waals surface area contributed by atoms with Gasteiger partial charge < -0.3 is 15.2 Å². The van der Waals surface area contributed by atoms with Crippen LogP contribution in [-0.2, 0) is 4.74 Å². The minimum absolute atomic E-state index is 0.318. The Morgan fingerprint density at radius 3 is 2.76 bits per heavy atom. The van der Waals surface area contributed by atoms with Gasteiger partial charge in [0.2, 0.25) is 0 Å². The number of nitrogens with zero attached hydrogens (tertiary/aromatic N) is 1. The third-order valence-corrected chi connectivity index (χ3v) is 3.51. The van der Waals surface area contributed by atoms with Gasteiger partial charge in [0.25, 0.3) is 5.69 Å². The lowest BCUT2D eigenvalue weighted by Crippen LogP contribution is -2.15. The lowest BCUT2D eigenvalue weighted by atomic mass is 10.1. The summed E-state index contributed by atoms with van der Waals surface area (Å²) < 4.78 is 5.68. The molecule has 2 N–H and O–H groups in total. The highest BCUT2D eigenvalue weighted by atomic mass is 16.6. The normalized spacial score (nSPS) is 15.0. The fourth-order valence-electron chi connectivity index (χ4n) is 2.45. The summed E-state index contributed by atoms with van der Waals surface area (Å²) in [6, 6.07) is 3.97. The smallest absolute Gasteiger partial charge is 0.342 e. The van der Waals surface area contributed by atoms with Crippen LogP contribution in [0.25, 0.3) is 0 Å². The number of hydrogen-bond donors (Lipinski definition) is 2. The number of nitro benzene ring substituents is 1. The molecule has 1 aliphatic rings. The SMILES string of the molecule is O=C(O)c1cc(NCCOC2CCCC2)ccc1[N+](=O)[O-]. The van der Waals surface area contributed by atoms with Crippen molar-refractivity contribution in [2.24, 2.45) is 0 Å². The number of benzene rings is 1. The predicted octanol–water partition coefficient (Wildman–Crippen LogP) is 2.66. The molecular formula is C14H18N2O5. The molecule has 0 saturated heterocycles. The Balaban J connectivity index is 1.89. The average Bonchev–Trinajstić information content (AvgIpc) is 2.96. The van der Waals surface area contributed by atoms with E-state index >= 15 is 0 Å². The van der Waals surface area contributed by atoms with Gasteiger partial charge in [0.1, 0.15) is 5.56 Å². The molecule has 1 fully saturated rings. The molecule has 114 valence electrons. The summed E-state index contributed by atoms with van der Waals surface area (Å²) in [4.78, 5) is 21.1. The summed E-state index contributed by atoms with van der Waals surface area (Å²) in [7, 11) is 0. The van der Waals surface area contributed by atoms with Gasteiger partial charge in [-0.15, -0.1) is 0 Å². The van der Waals surface area contributed by atoms with Crippen molar-refractivity contribution in [1.82, 2.24) is 0 Å². The zero-order valence-corrected chi connectivity index (χ0v) is 11.6. The molecule has 0 unspecified atom stereocenters. The van der Waals surface area contributed by atoms with Crippen LogP contribution in [0.1, 0.15) is 36.0 Å². The van der Waals surface area contributed by atoms with E-state index in [-0.39, 0.29) is 5.56 Å². The number of carboxylic acids is 1. The minimum atomic E-state index is -1.31. The van der Waals surface area contributed by atoms with Crippen molar-refractivity contribution in [3.63, 3.8) is 0 Å². The van der Waals surface area contributed by atoms with Crippen LogP contribution in [0.4, 0.5) is 11.4 Å². The maximum absolute atomic E-state index is 11.0. The molecule has 0 heterocycles. The number of nitro groups is 1. The first-order valence-electron chi connectivity index (χ1n) is 6.95. The number of hydrogen-bond acceptors (Lipinski definition) is 5. The molecule has 2 rings (SSSR count). The number of carboxylic acid groups (broad SMARTS) is 1. The molecular weight excluding hydrogens is 276 g/mol. The maximum atomic E-state index is 11.0. The van der Waals surface area contributed by atoms with Gasteiger partial charge >= 0.3 is 5.97 Å². The molecule has 1 saturated carbocycles. The van der Waals surface area contributed by atoms with Crippen molar-refractivity contribution in [3.8, 4) is 0 Å². The van der Waals surface area contributed by atoms with Crippen LogP contribution >= 0.6 is 0 Å². The van der Waals surface area contributed by atoms with Crippen molar-refractivity contribution < 1.29 is 19.6 Å². The fraction of sp³-hybridized carbons (Fsp3) is 0.500. The van der Waals surface area contributed by atoms with Gasteiger partial charge in [0.05, 0.1) is 17.6 Å². The standard InChI is InChI=1S/C14H18N2O5/c17-14(18)12-9-10(5-6-13(12)16(19)20)15-7-8-21-11-3-1-2-4-11/h5-6,9,11,15H,1-4,7-8H2,(H,17,18). The van der Waals surface area contributed by atoms with Gasteiger partial charge in [-0.25, -0.2) is 4.79 Å². The Bertz CT molecular complexity index is 526. The van der Waals surface area contributed by atoms with Crippen LogP contribution in [0.3, 0.4) is 0 Å². The third-order valence-electron chi connectivity index (χ3n) is 3.51. The molecule has 0 radical (unpaired) electrons. The summed E-state index contributed by atoms with van der Waals surface area (Å²) in [6.07, 6.45) is 4.95. The Morgan fingerprint density at radius 1 is 1.43 bits per heavy atom. The van der Waals surface area contributed by atoms with Crippen LogP contribution in [0.2, 0.25) is 0 Å². The van der Waals surface area contributed by atoms with Gasteiger partial charge in [0, 0.05) is 18.3 Å². The molecule has 7 heteroatoms. The molecule has 0 aliphatic heterocycles. The Hall–Kier alpha value is -2.15. The van der Waals surface area contributed by atoms with Gasteiger partial charge in [-0.05, 0) is 25.0 Å². The maximum Gasteiger partial charge on any atom is 0.342 e. The number of rotatable bonds is 7. The molecule has 1 aliphatic carbocycles. The van der Waals surface area contributed by atoms with E-state index < -0.39 is 16.6 Å². The first-order valence-corrected chi connectivity index (χ1v) is 6.95. The summed E-state index contributed by atoms with van der Waals surface area (Å²) in [6.45, 7) is 1.07. The van der Waals surface area contributed by atoms with E-state index in [1.54, 1.807) is 0 Å². The van der Waals surface area contributed by atoms with Crippen molar-refractivity contribution in [2.75, 3.05) is 18.5 Å². The second-order valence-corrected chi connectivity index (χ2v) is 5.00. The molecule has 0 bridgehead atoms. The highest BCUT2D eigenvalue weighted by molar-refractivity contribution is 5.93.